The molecule has 0 radical (unpaired) electrons. The minimum Gasteiger partial charge on any atom is -0.361 e. The van der Waals surface area contributed by atoms with Crippen molar-refractivity contribution in [2.24, 2.45) is 0 Å². The van der Waals surface area contributed by atoms with Gasteiger partial charge in [0.15, 0.2) is 0 Å². The molecule has 3 aromatic heterocycles. The smallest absolute Gasteiger partial charge is 0.147 e. The molecule has 2 aromatic carbocycles. The second kappa shape index (κ2) is 8.19. The highest BCUT2D eigenvalue weighted by Gasteiger charge is 2.29. The molecule has 0 aliphatic carbocycles. The number of halogens is 2. The molecule has 0 fully saturated rings. The number of benzene rings is 2. The SMILES string of the molecule is Cc1cccc(C)c1-n1nc2c(c1-c1cccc3[nH]ccc13)CN(c1ncc(Cl)cc1Cl)CC2. The van der Waals surface area contributed by atoms with Gasteiger partial charge < -0.3 is 9.88 Å². The van der Waals surface area contributed by atoms with Crippen molar-refractivity contribution in [3.05, 3.63) is 93.4 Å². The predicted molar refractivity (Wildman–Crippen MR) is 139 cm³/mol. The van der Waals surface area contributed by atoms with Gasteiger partial charge in [-0.1, -0.05) is 53.5 Å². The van der Waals surface area contributed by atoms with Crippen molar-refractivity contribution in [2.45, 2.75) is 26.8 Å². The largest absolute Gasteiger partial charge is 0.361 e. The summed E-state index contributed by atoms with van der Waals surface area (Å²) < 4.78 is 2.15. The fourth-order valence-corrected chi connectivity index (χ4v) is 5.56. The Morgan fingerprint density at radius 2 is 1.79 bits per heavy atom. The summed E-state index contributed by atoms with van der Waals surface area (Å²) in [6, 6.07) is 16.7. The Labute approximate surface area is 208 Å². The maximum absolute atomic E-state index is 6.54. The second-order valence-corrected chi connectivity index (χ2v) is 9.64. The van der Waals surface area contributed by atoms with Gasteiger partial charge in [0.1, 0.15) is 5.82 Å². The van der Waals surface area contributed by atoms with E-state index < -0.39 is 0 Å². The number of aryl methyl sites for hydroxylation is 2. The highest BCUT2D eigenvalue weighted by atomic mass is 35.5. The third-order valence-electron chi connectivity index (χ3n) is 6.62. The van der Waals surface area contributed by atoms with E-state index in [1.807, 2.05) is 6.20 Å². The summed E-state index contributed by atoms with van der Waals surface area (Å²) in [6.45, 7) is 5.75. The van der Waals surface area contributed by atoms with Gasteiger partial charge in [-0.25, -0.2) is 9.67 Å². The quantitative estimate of drug-likeness (QED) is 0.301. The van der Waals surface area contributed by atoms with Crippen LogP contribution in [0, 0.1) is 13.8 Å². The van der Waals surface area contributed by atoms with Gasteiger partial charge in [0.2, 0.25) is 0 Å². The minimum absolute atomic E-state index is 0.536. The first-order valence-corrected chi connectivity index (χ1v) is 12.1. The molecule has 0 saturated carbocycles. The number of nitrogens with one attached hydrogen (secondary N) is 1. The van der Waals surface area contributed by atoms with Crippen LogP contribution in [0.5, 0.6) is 0 Å². The first-order chi connectivity index (χ1) is 16.5. The van der Waals surface area contributed by atoms with Crippen molar-refractivity contribution in [3.8, 4) is 16.9 Å². The molecule has 0 spiro atoms. The van der Waals surface area contributed by atoms with E-state index in [1.165, 1.54) is 22.1 Å². The van der Waals surface area contributed by atoms with Crippen LogP contribution in [0.2, 0.25) is 10.0 Å². The molecule has 5 aromatic rings. The monoisotopic (exact) mass is 487 g/mol. The Kier molecular flexibility index (Phi) is 5.12. The van der Waals surface area contributed by atoms with Crippen LogP contribution < -0.4 is 4.90 Å². The molecule has 0 unspecified atom stereocenters. The summed E-state index contributed by atoms with van der Waals surface area (Å²) in [5, 5.41) is 7.46. The van der Waals surface area contributed by atoms with Gasteiger partial charge in [-0.3, -0.25) is 0 Å². The van der Waals surface area contributed by atoms with Crippen molar-refractivity contribution in [1.82, 2.24) is 19.7 Å². The lowest BCUT2D eigenvalue weighted by atomic mass is 9.98. The first-order valence-electron chi connectivity index (χ1n) is 11.3. The van der Waals surface area contributed by atoms with Crippen LogP contribution in [0.4, 0.5) is 5.82 Å². The number of nitrogens with zero attached hydrogens (tertiary/aromatic N) is 4. The van der Waals surface area contributed by atoms with Gasteiger partial charge in [0, 0.05) is 53.9 Å². The van der Waals surface area contributed by atoms with E-state index in [9.17, 15) is 0 Å². The number of hydrogen-bond donors (Lipinski definition) is 1. The fraction of sp³-hybridized carbons (Fsp3) is 0.185. The summed E-state index contributed by atoms with van der Waals surface area (Å²) in [6.07, 6.45) is 4.45. The fourth-order valence-electron chi connectivity index (χ4n) is 5.06. The van der Waals surface area contributed by atoms with E-state index in [4.69, 9.17) is 28.3 Å². The summed E-state index contributed by atoms with van der Waals surface area (Å²) in [5.74, 6) is 0.752. The summed E-state index contributed by atoms with van der Waals surface area (Å²) in [5.41, 5.74) is 9.23. The van der Waals surface area contributed by atoms with Crippen molar-refractivity contribution in [2.75, 3.05) is 11.4 Å². The van der Waals surface area contributed by atoms with Crippen LogP contribution in [-0.4, -0.2) is 26.3 Å². The maximum Gasteiger partial charge on any atom is 0.147 e. The normalized spacial score (nSPS) is 13.5. The molecular weight excluding hydrogens is 465 g/mol. The number of fused-ring (bicyclic) bond motifs is 2. The third-order valence-corrected chi connectivity index (χ3v) is 7.11. The molecule has 34 heavy (non-hydrogen) atoms. The molecule has 5 nitrogen and oxygen atoms in total. The van der Waals surface area contributed by atoms with E-state index in [0.29, 0.717) is 16.6 Å². The zero-order valence-corrected chi connectivity index (χ0v) is 20.5. The Balaban J connectivity index is 1.59. The van der Waals surface area contributed by atoms with Crippen LogP contribution in [-0.2, 0) is 13.0 Å². The molecule has 1 aliphatic heterocycles. The molecule has 170 valence electrons. The van der Waals surface area contributed by atoms with Gasteiger partial charge in [-0.05, 0) is 43.2 Å². The highest BCUT2D eigenvalue weighted by Crippen LogP contribution is 2.39. The lowest BCUT2D eigenvalue weighted by Crippen LogP contribution is -2.31. The Hall–Kier alpha value is -3.28. The molecular formula is C27H23Cl2N5. The number of anilines is 1. The summed E-state index contributed by atoms with van der Waals surface area (Å²) in [7, 11) is 0. The number of rotatable bonds is 3. The van der Waals surface area contributed by atoms with Gasteiger partial charge in [0.05, 0.1) is 27.1 Å². The standard InChI is InChI=1S/C27H23Cl2N5/c1-16-5-3-6-17(2)25(16)34-26(20-7-4-8-23-19(20)9-11-30-23)21-15-33(12-10-24(21)32-34)27-22(29)13-18(28)14-31-27/h3-9,11,13-14,30H,10,12,15H2,1-2H3. The third kappa shape index (κ3) is 3.39. The molecule has 1 N–H and O–H groups in total. The van der Waals surface area contributed by atoms with E-state index in [-0.39, 0.29) is 0 Å². The van der Waals surface area contributed by atoms with Crippen molar-refractivity contribution >= 4 is 39.9 Å². The Morgan fingerprint density at radius 3 is 2.59 bits per heavy atom. The van der Waals surface area contributed by atoms with Gasteiger partial charge in [0.25, 0.3) is 0 Å². The van der Waals surface area contributed by atoms with Crippen LogP contribution in [0.3, 0.4) is 0 Å². The molecule has 6 rings (SSSR count). The lowest BCUT2D eigenvalue weighted by Gasteiger charge is -2.28. The van der Waals surface area contributed by atoms with E-state index in [0.717, 1.165) is 46.9 Å². The highest BCUT2D eigenvalue weighted by molar-refractivity contribution is 6.36. The van der Waals surface area contributed by atoms with Gasteiger partial charge >= 0.3 is 0 Å². The summed E-state index contributed by atoms with van der Waals surface area (Å²) in [4.78, 5) is 10.1. The Morgan fingerprint density at radius 1 is 1.00 bits per heavy atom. The van der Waals surface area contributed by atoms with Crippen molar-refractivity contribution in [1.29, 1.82) is 0 Å². The molecule has 7 heteroatoms. The second-order valence-electron chi connectivity index (χ2n) is 8.80. The number of aromatic amines is 1. The van der Waals surface area contributed by atoms with E-state index in [2.05, 4.69) is 75.9 Å². The van der Waals surface area contributed by atoms with Crippen LogP contribution >= 0.6 is 23.2 Å². The van der Waals surface area contributed by atoms with Crippen LogP contribution in [0.15, 0.2) is 60.9 Å². The molecule has 0 amide bonds. The van der Waals surface area contributed by atoms with Crippen molar-refractivity contribution in [3.63, 3.8) is 0 Å². The number of aromatic nitrogens is 4. The topological polar surface area (TPSA) is 49.7 Å². The number of hydrogen-bond acceptors (Lipinski definition) is 3. The average Bonchev–Trinajstić information content (AvgIpc) is 3.43. The van der Waals surface area contributed by atoms with Crippen LogP contribution in [0.1, 0.15) is 22.4 Å². The number of H-pyrrole nitrogens is 1. The molecule has 0 saturated heterocycles. The average molecular weight is 488 g/mol. The van der Waals surface area contributed by atoms with Gasteiger partial charge in [-0.15, -0.1) is 0 Å². The molecule has 4 heterocycles. The zero-order chi connectivity index (χ0) is 23.4. The van der Waals surface area contributed by atoms with Crippen molar-refractivity contribution < 1.29 is 0 Å². The number of para-hydroxylation sites is 1. The summed E-state index contributed by atoms with van der Waals surface area (Å²) >= 11 is 12.6. The minimum atomic E-state index is 0.536. The van der Waals surface area contributed by atoms with E-state index in [1.54, 1.807) is 12.3 Å². The number of pyridine rings is 1. The lowest BCUT2D eigenvalue weighted by molar-refractivity contribution is 0.706. The van der Waals surface area contributed by atoms with E-state index >= 15 is 0 Å². The molecule has 0 bridgehead atoms. The maximum atomic E-state index is 6.54. The Bertz CT molecular complexity index is 1530. The molecule has 1 aliphatic rings. The zero-order valence-electron chi connectivity index (χ0n) is 18.9. The predicted octanol–water partition coefficient (Wildman–Crippen LogP) is 6.90. The van der Waals surface area contributed by atoms with Crippen LogP contribution in [0.25, 0.3) is 27.8 Å². The molecule has 0 atom stereocenters. The first kappa shape index (κ1) is 21.3. The van der Waals surface area contributed by atoms with Gasteiger partial charge in [-0.2, -0.15) is 5.10 Å².